The molecule has 0 bridgehead atoms. The second-order valence-corrected chi connectivity index (χ2v) is 8.10. The van der Waals surface area contributed by atoms with Gasteiger partial charge in [-0.2, -0.15) is 0 Å². The monoisotopic (exact) mass is 360 g/mol. The van der Waals surface area contributed by atoms with Gasteiger partial charge in [-0.15, -0.1) is 0 Å². The Bertz CT molecular complexity index is 554. The van der Waals surface area contributed by atoms with E-state index in [-0.39, 0.29) is 12.0 Å². The molecule has 0 heterocycles. The number of hydrogen-bond donors (Lipinski definition) is 2. The first-order valence-electron chi connectivity index (χ1n) is 6.92. The van der Waals surface area contributed by atoms with Crippen molar-refractivity contribution in [3.8, 4) is 0 Å². The average Bonchev–Trinajstić information content (AvgIpc) is 2.38. The number of nitrogens with two attached hydrogens (primary N) is 1. The zero-order valence-corrected chi connectivity index (χ0v) is 14.0. The summed E-state index contributed by atoms with van der Waals surface area (Å²) in [7, 11) is -3.48. The number of rotatable bonds is 4. The van der Waals surface area contributed by atoms with Crippen LogP contribution in [0.5, 0.6) is 0 Å². The average molecular weight is 361 g/mol. The molecule has 1 aliphatic carbocycles. The second kappa shape index (κ2) is 6.56. The first-order chi connectivity index (χ1) is 9.42. The van der Waals surface area contributed by atoms with E-state index in [0.717, 1.165) is 35.7 Å². The lowest BCUT2D eigenvalue weighted by atomic mass is 9.85. The molecular weight excluding hydrogens is 340 g/mol. The van der Waals surface area contributed by atoms with Crippen LogP contribution in [-0.4, -0.2) is 21.0 Å². The number of nitrogens with one attached hydrogen (secondary N) is 1. The number of aryl methyl sites for hydroxylation is 1. The SMILES string of the molecule is Cc1cc(Br)cc(S(=O)(=O)NC2CCCCC2CN)c1. The zero-order valence-electron chi connectivity index (χ0n) is 11.6. The molecule has 1 saturated carbocycles. The molecule has 0 spiro atoms. The minimum Gasteiger partial charge on any atom is -0.330 e. The summed E-state index contributed by atoms with van der Waals surface area (Å²) in [6.45, 7) is 2.41. The Morgan fingerprint density at radius 1 is 1.30 bits per heavy atom. The number of hydrogen-bond acceptors (Lipinski definition) is 3. The van der Waals surface area contributed by atoms with Crippen molar-refractivity contribution in [2.75, 3.05) is 6.54 Å². The minimum atomic E-state index is -3.48. The van der Waals surface area contributed by atoms with Crippen molar-refractivity contribution in [1.29, 1.82) is 0 Å². The first-order valence-corrected chi connectivity index (χ1v) is 9.19. The fourth-order valence-corrected chi connectivity index (χ4v) is 5.00. The lowest BCUT2D eigenvalue weighted by Gasteiger charge is -2.31. The molecule has 0 aromatic heterocycles. The smallest absolute Gasteiger partial charge is 0.240 e. The van der Waals surface area contributed by atoms with E-state index in [9.17, 15) is 8.42 Å². The predicted octanol–water partition coefficient (Wildman–Crippen LogP) is 2.55. The lowest BCUT2D eigenvalue weighted by Crippen LogP contribution is -2.44. The van der Waals surface area contributed by atoms with E-state index in [4.69, 9.17) is 5.73 Å². The summed E-state index contributed by atoms with van der Waals surface area (Å²) in [5, 5.41) is 0. The third kappa shape index (κ3) is 3.81. The maximum atomic E-state index is 12.5. The highest BCUT2D eigenvalue weighted by Crippen LogP contribution is 2.26. The summed E-state index contributed by atoms with van der Waals surface area (Å²) in [6, 6.07) is 5.17. The van der Waals surface area contributed by atoms with Crippen LogP contribution in [0, 0.1) is 12.8 Å². The standard InChI is InChI=1S/C14H21BrN2O2S/c1-10-6-12(15)8-13(7-10)20(18,19)17-14-5-3-2-4-11(14)9-16/h6-8,11,14,17H,2-5,9,16H2,1H3. The molecule has 0 saturated heterocycles. The quantitative estimate of drug-likeness (QED) is 0.866. The van der Waals surface area contributed by atoms with Crippen molar-refractivity contribution < 1.29 is 8.42 Å². The minimum absolute atomic E-state index is 0.0435. The maximum absolute atomic E-state index is 12.5. The largest absolute Gasteiger partial charge is 0.330 e. The van der Waals surface area contributed by atoms with Gasteiger partial charge in [-0.3, -0.25) is 0 Å². The van der Waals surface area contributed by atoms with Gasteiger partial charge in [-0.25, -0.2) is 13.1 Å². The molecule has 112 valence electrons. The van der Waals surface area contributed by atoms with Crippen LogP contribution in [0.15, 0.2) is 27.6 Å². The van der Waals surface area contributed by atoms with E-state index >= 15 is 0 Å². The molecule has 2 unspecified atom stereocenters. The van der Waals surface area contributed by atoms with Crippen LogP contribution in [0.4, 0.5) is 0 Å². The van der Waals surface area contributed by atoms with Crippen molar-refractivity contribution in [3.05, 3.63) is 28.2 Å². The summed E-state index contributed by atoms with van der Waals surface area (Å²) in [4.78, 5) is 0.311. The first kappa shape index (κ1) is 15.9. The Kier molecular flexibility index (Phi) is 5.23. The van der Waals surface area contributed by atoms with Crippen LogP contribution in [0.3, 0.4) is 0 Å². The normalized spacial score (nSPS) is 23.8. The third-order valence-electron chi connectivity index (χ3n) is 3.84. The lowest BCUT2D eigenvalue weighted by molar-refractivity contribution is 0.296. The van der Waals surface area contributed by atoms with Gasteiger partial charge in [0.25, 0.3) is 0 Å². The van der Waals surface area contributed by atoms with E-state index < -0.39 is 10.0 Å². The van der Waals surface area contributed by atoms with Crippen molar-refractivity contribution in [1.82, 2.24) is 4.72 Å². The third-order valence-corrected chi connectivity index (χ3v) is 5.77. The molecule has 2 atom stereocenters. The van der Waals surface area contributed by atoms with E-state index in [1.54, 1.807) is 12.1 Å². The molecule has 3 N–H and O–H groups in total. The Hall–Kier alpha value is -0.430. The summed E-state index contributed by atoms with van der Waals surface area (Å²) in [5.74, 6) is 0.242. The van der Waals surface area contributed by atoms with Crippen LogP contribution in [0.1, 0.15) is 31.2 Å². The van der Waals surface area contributed by atoms with Crippen molar-refractivity contribution >= 4 is 26.0 Å². The van der Waals surface area contributed by atoms with Gasteiger partial charge in [0.15, 0.2) is 0 Å². The van der Waals surface area contributed by atoms with E-state index in [2.05, 4.69) is 20.7 Å². The van der Waals surface area contributed by atoms with Gasteiger partial charge in [-0.1, -0.05) is 28.8 Å². The van der Waals surface area contributed by atoms with Crippen LogP contribution in [0.2, 0.25) is 0 Å². The van der Waals surface area contributed by atoms with E-state index in [0.29, 0.717) is 11.4 Å². The molecule has 1 aliphatic rings. The topological polar surface area (TPSA) is 72.2 Å². The van der Waals surface area contributed by atoms with Crippen LogP contribution >= 0.6 is 15.9 Å². The summed E-state index contributed by atoms with van der Waals surface area (Å²) in [5.41, 5.74) is 6.67. The second-order valence-electron chi connectivity index (χ2n) is 5.47. The van der Waals surface area contributed by atoms with Gasteiger partial charge in [0.05, 0.1) is 4.90 Å². The zero-order chi connectivity index (χ0) is 14.8. The molecule has 2 rings (SSSR count). The molecule has 1 aromatic carbocycles. The van der Waals surface area contributed by atoms with E-state index in [1.807, 2.05) is 13.0 Å². The van der Waals surface area contributed by atoms with Gasteiger partial charge in [0.2, 0.25) is 10.0 Å². The van der Waals surface area contributed by atoms with Gasteiger partial charge in [-0.05, 0) is 56.0 Å². The van der Waals surface area contributed by atoms with Gasteiger partial charge in [0, 0.05) is 10.5 Å². The van der Waals surface area contributed by atoms with Crippen molar-refractivity contribution in [3.63, 3.8) is 0 Å². The van der Waals surface area contributed by atoms with Crippen LogP contribution in [-0.2, 0) is 10.0 Å². The molecule has 20 heavy (non-hydrogen) atoms. The summed E-state index contributed by atoms with van der Waals surface area (Å²) < 4.78 is 28.6. The van der Waals surface area contributed by atoms with E-state index in [1.165, 1.54) is 0 Å². The Labute approximate surface area is 129 Å². The molecule has 0 radical (unpaired) electrons. The van der Waals surface area contributed by atoms with Crippen LogP contribution < -0.4 is 10.5 Å². The number of benzene rings is 1. The molecule has 1 aromatic rings. The predicted molar refractivity (Wildman–Crippen MR) is 84.0 cm³/mol. The van der Waals surface area contributed by atoms with Crippen LogP contribution in [0.25, 0.3) is 0 Å². The molecule has 0 amide bonds. The number of halogens is 1. The fourth-order valence-electron chi connectivity index (χ4n) is 2.77. The maximum Gasteiger partial charge on any atom is 0.240 e. The summed E-state index contributed by atoms with van der Waals surface area (Å²) >= 11 is 3.34. The molecular formula is C14H21BrN2O2S. The highest BCUT2D eigenvalue weighted by molar-refractivity contribution is 9.10. The van der Waals surface area contributed by atoms with Crippen molar-refractivity contribution in [2.24, 2.45) is 11.7 Å². The van der Waals surface area contributed by atoms with Gasteiger partial charge < -0.3 is 5.73 Å². The Morgan fingerprint density at radius 3 is 2.65 bits per heavy atom. The van der Waals surface area contributed by atoms with Crippen molar-refractivity contribution in [2.45, 2.75) is 43.5 Å². The molecule has 1 fully saturated rings. The Balaban J connectivity index is 2.21. The molecule has 6 heteroatoms. The Morgan fingerprint density at radius 2 is 2.00 bits per heavy atom. The highest BCUT2D eigenvalue weighted by Gasteiger charge is 2.28. The molecule has 0 aliphatic heterocycles. The van der Waals surface area contributed by atoms with Gasteiger partial charge in [0.1, 0.15) is 0 Å². The molecule has 4 nitrogen and oxygen atoms in total. The highest BCUT2D eigenvalue weighted by atomic mass is 79.9. The number of sulfonamides is 1. The fraction of sp³-hybridized carbons (Fsp3) is 0.571. The summed E-state index contributed by atoms with van der Waals surface area (Å²) in [6.07, 6.45) is 4.06. The van der Waals surface area contributed by atoms with Gasteiger partial charge >= 0.3 is 0 Å².